The number of rotatable bonds is 4. The van der Waals surface area contributed by atoms with E-state index in [2.05, 4.69) is 0 Å². The first kappa shape index (κ1) is 37.9. The lowest BCUT2D eigenvalue weighted by atomic mass is 9.41. The SMILES string of the molecule is CC(=O)O[C@H]1[C@H]2[C@H]([C@@H]3[C@@H](OC(=O)C(C)(C)C)[C@@H]4[C@H]([C@H](C)C=C5OC(=O)[C@@](C)(O)[C@@]54C)[C@@]3(C)[C@H]1OC(C)=O)[C@@H](O)C(=O)[C@H]1C[C@@H]3O[C@@H]3[C@H](OC(C)=O)[C@]21C. The van der Waals surface area contributed by atoms with Gasteiger partial charge in [0.05, 0.1) is 16.9 Å². The van der Waals surface area contributed by atoms with Crippen molar-refractivity contribution in [3.63, 3.8) is 0 Å². The van der Waals surface area contributed by atoms with Crippen LogP contribution in [-0.2, 0) is 57.2 Å². The summed E-state index contributed by atoms with van der Waals surface area (Å²) >= 11 is 0. The molecule has 7 aliphatic rings. The third-order valence-electron chi connectivity index (χ3n) is 14.6. The number of fused-ring (bicyclic) bond motifs is 10. The Morgan fingerprint density at radius 2 is 1.38 bits per heavy atom. The maximum absolute atomic E-state index is 14.7. The van der Waals surface area contributed by atoms with E-state index in [9.17, 15) is 39.0 Å². The molecule has 2 aliphatic heterocycles. The molecular formula is C39H52O14. The third-order valence-corrected chi connectivity index (χ3v) is 14.6. The number of aliphatic hydroxyl groups is 2. The van der Waals surface area contributed by atoms with Crippen LogP contribution < -0.4 is 0 Å². The summed E-state index contributed by atoms with van der Waals surface area (Å²) in [6, 6.07) is 0. The van der Waals surface area contributed by atoms with E-state index in [1.165, 1.54) is 27.7 Å². The minimum Gasteiger partial charge on any atom is -0.461 e. The molecule has 7 rings (SSSR count). The second kappa shape index (κ2) is 11.6. The van der Waals surface area contributed by atoms with Crippen molar-refractivity contribution in [2.24, 2.45) is 63.1 Å². The van der Waals surface area contributed by atoms with Gasteiger partial charge in [-0.2, -0.15) is 0 Å². The predicted octanol–water partition coefficient (Wildman–Crippen LogP) is 2.44. The van der Waals surface area contributed by atoms with Crippen LogP contribution in [0.1, 0.15) is 82.6 Å². The van der Waals surface area contributed by atoms with Crippen molar-refractivity contribution in [2.75, 3.05) is 0 Å². The molecule has 0 aromatic rings. The molecule has 0 unspecified atom stereocenters. The van der Waals surface area contributed by atoms with Gasteiger partial charge in [0.25, 0.3) is 0 Å². The summed E-state index contributed by atoms with van der Waals surface area (Å²) < 4.78 is 36.8. The number of carbonyl (C=O) groups is 6. The Balaban J connectivity index is 1.55. The Kier molecular flexibility index (Phi) is 8.29. The number of esters is 5. The Morgan fingerprint density at radius 1 is 0.811 bits per heavy atom. The number of carbonyl (C=O) groups excluding carboxylic acids is 6. The topological polar surface area (TPSA) is 202 Å². The van der Waals surface area contributed by atoms with Gasteiger partial charge in [-0.05, 0) is 59.0 Å². The number of ether oxygens (including phenoxy) is 6. The summed E-state index contributed by atoms with van der Waals surface area (Å²) in [7, 11) is 0. The summed E-state index contributed by atoms with van der Waals surface area (Å²) in [5.41, 5.74) is -7.35. The minimum atomic E-state index is -2.12. The van der Waals surface area contributed by atoms with Gasteiger partial charge in [-0.15, -0.1) is 0 Å². The van der Waals surface area contributed by atoms with Gasteiger partial charge in [0.15, 0.2) is 11.4 Å². The fourth-order valence-corrected chi connectivity index (χ4v) is 12.3. The number of aliphatic hydroxyl groups excluding tert-OH is 1. The average molecular weight is 745 g/mol. The molecule has 4 saturated carbocycles. The molecule has 0 spiro atoms. The van der Waals surface area contributed by atoms with Gasteiger partial charge in [-0.3, -0.25) is 24.0 Å². The largest absolute Gasteiger partial charge is 0.461 e. The Morgan fingerprint density at radius 3 is 1.94 bits per heavy atom. The summed E-state index contributed by atoms with van der Waals surface area (Å²) in [5, 5.41) is 24.5. The summed E-state index contributed by atoms with van der Waals surface area (Å²) in [4.78, 5) is 81.4. The highest BCUT2D eigenvalue weighted by Gasteiger charge is 2.83. The van der Waals surface area contributed by atoms with Gasteiger partial charge in [-0.1, -0.05) is 20.8 Å². The second-order valence-corrected chi connectivity index (χ2v) is 18.5. The van der Waals surface area contributed by atoms with Crippen LogP contribution in [0.4, 0.5) is 0 Å². The maximum atomic E-state index is 14.7. The molecule has 14 heteroatoms. The molecule has 0 bridgehead atoms. The monoisotopic (exact) mass is 744 g/mol. The standard InChI is InChI=1S/C39H52O14/c1-14-12-20-38(10,39(11,47)34(46)52-20)25-22(14)37(9)23(29(25)53-33(45)35(5,6)7)21-24(30(48-15(2)40)32(37)50-17(4)42)36(8)18(26(43)27(21)44)13-19-28(51-19)31(36)49-16(3)41/h12,14,18-19,21-25,27-32,44,47H,13H2,1-11H3/t14-,18-,19+,21+,22+,23-,24-,25+,27-,28+,29-,30+,31+,32+,36+,37-,38+,39-/m1/s1. The van der Waals surface area contributed by atoms with E-state index in [1.807, 2.05) is 13.8 Å². The third kappa shape index (κ3) is 4.85. The highest BCUT2D eigenvalue weighted by molar-refractivity contribution is 5.89. The molecule has 0 aromatic heterocycles. The van der Waals surface area contributed by atoms with Crippen molar-refractivity contribution >= 4 is 35.6 Å². The van der Waals surface area contributed by atoms with Crippen molar-refractivity contribution in [1.29, 1.82) is 0 Å². The lowest BCUT2D eigenvalue weighted by molar-refractivity contribution is -0.273. The van der Waals surface area contributed by atoms with Crippen LogP contribution in [0.15, 0.2) is 11.8 Å². The van der Waals surface area contributed by atoms with Crippen LogP contribution in [0, 0.1) is 63.1 Å². The van der Waals surface area contributed by atoms with Crippen molar-refractivity contribution in [1.82, 2.24) is 0 Å². The molecule has 53 heavy (non-hydrogen) atoms. The zero-order valence-electron chi connectivity index (χ0n) is 32.2. The van der Waals surface area contributed by atoms with Gasteiger partial charge in [0.2, 0.25) is 0 Å². The first-order valence-electron chi connectivity index (χ1n) is 18.6. The molecule has 14 nitrogen and oxygen atoms in total. The molecule has 0 amide bonds. The maximum Gasteiger partial charge on any atom is 0.343 e. The summed E-state index contributed by atoms with van der Waals surface area (Å²) in [6.07, 6.45) is -5.50. The zero-order chi connectivity index (χ0) is 39.3. The number of Topliss-reactive ketones (excluding diaryl/α,β-unsaturated/α-hetero) is 1. The zero-order valence-corrected chi connectivity index (χ0v) is 32.2. The van der Waals surface area contributed by atoms with Crippen molar-refractivity contribution in [3.8, 4) is 0 Å². The van der Waals surface area contributed by atoms with Crippen LogP contribution >= 0.6 is 0 Å². The fraction of sp³-hybridized carbons (Fsp3) is 0.795. The van der Waals surface area contributed by atoms with E-state index in [4.69, 9.17) is 28.4 Å². The van der Waals surface area contributed by atoms with Crippen molar-refractivity contribution in [3.05, 3.63) is 11.8 Å². The molecule has 2 N–H and O–H groups in total. The van der Waals surface area contributed by atoms with Crippen molar-refractivity contribution in [2.45, 2.75) is 131 Å². The molecular weight excluding hydrogens is 692 g/mol. The highest BCUT2D eigenvalue weighted by Crippen LogP contribution is 2.76. The van der Waals surface area contributed by atoms with E-state index in [-0.39, 0.29) is 12.2 Å². The van der Waals surface area contributed by atoms with Gasteiger partial charge < -0.3 is 38.6 Å². The Bertz CT molecular complexity index is 1710. The Labute approximate surface area is 308 Å². The quantitative estimate of drug-likeness (QED) is 0.242. The van der Waals surface area contributed by atoms with Crippen LogP contribution in [0.5, 0.6) is 0 Å². The van der Waals surface area contributed by atoms with E-state index in [0.29, 0.717) is 0 Å². The molecule has 5 aliphatic carbocycles. The molecule has 2 heterocycles. The molecule has 2 saturated heterocycles. The fourth-order valence-electron chi connectivity index (χ4n) is 12.3. The molecule has 18 atom stereocenters. The predicted molar refractivity (Wildman–Crippen MR) is 180 cm³/mol. The minimum absolute atomic E-state index is 0.198. The van der Waals surface area contributed by atoms with Crippen LogP contribution in [0.3, 0.4) is 0 Å². The van der Waals surface area contributed by atoms with Gasteiger partial charge in [0.1, 0.15) is 42.4 Å². The molecule has 0 aromatic carbocycles. The summed E-state index contributed by atoms with van der Waals surface area (Å²) in [5.74, 6) is -10.0. The van der Waals surface area contributed by atoms with Crippen molar-refractivity contribution < 1.29 is 67.4 Å². The van der Waals surface area contributed by atoms with Gasteiger partial charge in [0, 0.05) is 61.2 Å². The first-order valence-corrected chi connectivity index (χ1v) is 18.6. The average Bonchev–Trinajstić information content (AvgIpc) is 3.71. The lowest BCUT2D eigenvalue weighted by Crippen LogP contribution is -2.74. The van der Waals surface area contributed by atoms with Crippen LogP contribution in [0.2, 0.25) is 0 Å². The van der Waals surface area contributed by atoms with Gasteiger partial charge >= 0.3 is 29.8 Å². The molecule has 292 valence electrons. The van der Waals surface area contributed by atoms with E-state index in [0.717, 1.165) is 0 Å². The van der Waals surface area contributed by atoms with E-state index >= 15 is 0 Å². The normalized spacial score (nSPS) is 50.4. The van der Waals surface area contributed by atoms with Crippen LogP contribution in [-0.4, -0.2) is 94.2 Å². The number of hydrogen-bond donors (Lipinski definition) is 2. The van der Waals surface area contributed by atoms with E-state index in [1.54, 1.807) is 40.7 Å². The smallest absolute Gasteiger partial charge is 0.343 e. The number of epoxide rings is 1. The first-order chi connectivity index (χ1) is 24.4. The number of ketones is 1. The van der Waals surface area contributed by atoms with Crippen LogP contribution in [0.25, 0.3) is 0 Å². The Hall–Kier alpha value is -3.36. The number of allylic oxidation sites excluding steroid dienone is 1. The number of hydrogen-bond acceptors (Lipinski definition) is 14. The molecule has 6 fully saturated rings. The lowest BCUT2D eigenvalue weighted by Gasteiger charge is -2.65. The molecule has 0 radical (unpaired) electrons. The van der Waals surface area contributed by atoms with E-state index < -0.39 is 147 Å². The highest BCUT2D eigenvalue weighted by atomic mass is 16.6. The van der Waals surface area contributed by atoms with Gasteiger partial charge in [-0.25, -0.2) is 4.79 Å². The second-order valence-electron chi connectivity index (χ2n) is 18.5. The summed E-state index contributed by atoms with van der Waals surface area (Å²) in [6.45, 7) is 17.2.